The summed E-state index contributed by atoms with van der Waals surface area (Å²) in [6.07, 6.45) is 14.5. The highest BCUT2D eigenvalue weighted by Gasteiger charge is 2.29. The first-order valence-electron chi connectivity index (χ1n) is 9.96. The van der Waals surface area contributed by atoms with E-state index in [0.29, 0.717) is 24.0 Å². The lowest BCUT2D eigenvalue weighted by atomic mass is 10.0. The van der Waals surface area contributed by atoms with Crippen molar-refractivity contribution in [1.29, 1.82) is 0 Å². The fourth-order valence-corrected chi connectivity index (χ4v) is 3.50. The zero-order valence-electron chi connectivity index (χ0n) is 16.8. The first kappa shape index (κ1) is 19.6. The van der Waals surface area contributed by atoms with E-state index >= 15 is 0 Å². The molecule has 30 heavy (non-hydrogen) atoms. The second-order valence-corrected chi connectivity index (χ2v) is 7.13. The van der Waals surface area contributed by atoms with Crippen molar-refractivity contribution in [1.82, 2.24) is 29.8 Å². The largest absolute Gasteiger partial charge is 0.329 e. The third kappa shape index (κ3) is 4.83. The average molecular weight is 401 g/mol. The predicted octanol–water partition coefficient (Wildman–Crippen LogP) is 3.48. The van der Waals surface area contributed by atoms with Crippen LogP contribution >= 0.6 is 0 Å². The molecule has 3 aromatic heterocycles. The van der Waals surface area contributed by atoms with Gasteiger partial charge in [-0.05, 0) is 43.9 Å². The lowest BCUT2D eigenvalue weighted by Gasteiger charge is -2.34. The minimum absolute atomic E-state index is 0.0444. The molecule has 8 heteroatoms. The van der Waals surface area contributed by atoms with Crippen molar-refractivity contribution in [2.75, 3.05) is 11.9 Å². The van der Waals surface area contributed by atoms with Gasteiger partial charge in [-0.3, -0.25) is 14.8 Å². The maximum Gasteiger partial charge on any atom is 0.247 e. The summed E-state index contributed by atoms with van der Waals surface area (Å²) in [7, 11) is 0. The zero-order valence-corrected chi connectivity index (χ0v) is 16.8. The van der Waals surface area contributed by atoms with Gasteiger partial charge in [-0.2, -0.15) is 0 Å². The number of pyridine rings is 1. The van der Waals surface area contributed by atoms with Crippen LogP contribution in [0.3, 0.4) is 0 Å². The molecule has 1 fully saturated rings. The van der Waals surface area contributed by atoms with Gasteiger partial charge in [0.1, 0.15) is 11.6 Å². The van der Waals surface area contributed by atoms with Gasteiger partial charge >= 0.3 is 0 Å². The number of anilines is 2. The van der Waals surface area contributed by atoms with E-state index in [-0.39, 0.29) is 11.9 Å². The smallest absolute Gasteiger partial charge is 0.247 e. The Kier molecular flexibility index (Phi) is 6.03. The number of aryl methyl sites for hydroxylation is 1. The number of hydrogen-bond donors (Lipinski definition) is 1. The van der Waals surface area contributed by atoms with E-state index in [1.165, 1.54) is 0 Å². The Morgan fingerprint density at radius 3 is 2.83 bits per heavy atom. The molecule has 0 spiro atoms. The summed E-state index contributed by atoms with van der Waals surface area (Å²) >= 11 is 0. The number of likely N-dealkylation sites (tertiary alicyclic amines) is 1. The molecule has 1 aliphatic heterocycles. The van der Waals surface area contributed by atoms with E-state index in [2.05, 4.69) is 30.2 Å². The maximum atomic E-state index is 12.9. The van der Waals surface area contributed by atoms with Crippen molar-refractivity contribution in [3.8, 4) is 0 Å². The molecular formula is C22H23N7O. The van der Waals surface area contributed by atoms with Crippen LogP contribution < -0.4 is 5.32 Å². The molecular weight excluding hydrogens is 378 g/mol. The van der Waals surface area contributed by atoms with Crippen LogP contribution in [-0.2, 0) is 4.79 Å². The van der Waals surface area contributed by atoms with Gasteiger partial charge in [0.05, 0.1) is 12.2 Å². The predicted molar refractivity (Wildman–Crippen MR) is 114 cm³/mol. The molecule has 3 aromatic rings. The summed E-state index contributed by atoms with van der Waals surface area (Å²) in [5.41, 5.74) is 1.72. The monoisotopic (exact) mass is 401 g/mol. The molecule has 1 saturated heterocycles. The highest BCUT2D eigenvalue weighted by atomic mass is 16.2. The third-order valence-electron chi connectivity index (χ3n) is 4.88. The van der Waals surface area contributed by atoms with Crippen LogP contribution in [0.25, 0.3) is 6.08 Å². The fourth-order valence-electron chi connectivity index (χ4n) is 3.50. The van der Waals surface area contributed by atoms with Gasteiger partial charge in [0.25, 0.3) is 0 Å². The lowest BCUT2D eigenvalue weighted by molar-refractivity contribution is -0.129. The van der Waals surface area contributed by atoms with Crippen molar-refractivity contribution in [3.05, 3.63) is 72.3 Å². The number of nitrogens with one attached hydrogen (secondary N) is 1. The number of piperidine rings is 1. The van der Waals surface area contributed by atoms with Crippen LogP contribution in [0.4, 0.5) is 11.6 Å². The van der Waals surface area contributed by atoms with Crippen molar-refractivity contribution >= 4 is 23.6 Å². The Morgan fingerprint density at radius 2 is 2.03 bits per heavy atom. The molecule has 1 aliphatic rings. The first-order valence-corrected chi connectivity index (χ1v) is 9.96. The molecule has 1 N–H and O–H groups in total. The molecule has 0 saturated carbocycles. The Hall–Kier alpha value is -3.68. The van der Waals surface area contributed by atoms with Crippen molar-refractivity contribution < 1.29 is 4.79 Å². The number of nitrogens with zero attached hydrogens (tertiary/aromatic N) is 6. The van der Waals surface area contributed by atoms with E-state index in [1.54, 1.807) is 43.1 Å². The van der Waals surface area contributed by atoms with Gasteiger partial charge in [0, 0.05) is 49.2 Å². The molecule has 0 aromatic carbocycles. The second kappa shape index (κ2) is 9.21. The summed E-state index contributed by atoms with van der Waals surface area (Å²) in [5.74, 6) is 1.85. The fraction of sp³-hybridized carbons (Fsp3) is 0.273. The van der Waals surface area contributed by atoms with Crippen LogP contribution in [0.15, 0.2) is 55.3 Å². The number of carbonyl (C=O) groups excluding carboxylic acids is 1. The van der Waals surface area contributed by atoms with Crippen molar-refractivity contribution in [3.63, 3.8) is 0 Å². The lowest BCUT2D eigenvalue weighted by Crippen LogP contribution is -2.38. The zero-order chi connectivity index (χ0) is 20.8. The van der Waals surface area contributed by atoms with Crippen LogP contribution in [-0.4, -0.2) is 42.3 Å². The van der Waals surface area contributed by atoms with E-state index in [1.807, 2.05) is 30.0 Å². The Bertz CT molecular complexity index is 1020. The number of hydrogen-bond acceptors (Lipinski definition) is 7. The molecule has 4 heterocycles. The minimum atomic E-state index is -0.160. The number of carbonyl (C=O) groups is 1. The number of rotatable bonds is 5. The molecule has 0 aliphatic carbocycles. The molecule has 4 rings (SSSR count). The SMILES string of the molecule is Cc1cc(Nc2cnccn2)nc([C@H]2CCCCN2C(=O)/C=C/c2cccnc2)n1. The third-order valence-corrected chi connectivity index (χ3v) is 4.88. The Morgan fingerprint density at radius 1 is 1.13 bits per heavy atom. The van der Waals surface area contributed by atoms with E-state index in [0.717, 1.165) is 30.5 Å². The van der Waals surface area contributed by atoms with E-state index in [4.69, 9.17) is 0 Å². The standard InChI is InChI=1S/C22H23N7O/c1-16-13-19(27-20-15-24-10-11-25-20)28-22(26-16)18-6-2-3-12-29(18)21(30)8-7-17-5-4-9-23-14-17/h4-5,7-11,13-15,18H,2-3,6,12H2,1H3,(H,25,26,27,28)/b8-7+/t18-/m1/s1. The van der Waals surface area contributed by atoms with Gasteiger partial charge in [-0.1, -0.05) is 6.07 Å². The summed E-state index contributed by atoms with van der Waals surface area (Å²) in [4.78, 5) is 36.5. The Labute approximate surface area is 175 Å². The number of aromatic nitrogens is 5. The molecule has 152 valence electrons. The Balaban J connectivity index is 1.56. The summed E-state index contributed by atoms with van der Waals surface area (Å²) in [6.45, 7) is 2.61. The van der Waals surface area contributed by atoms with Gasteiger partial charge in [-0.25, -0.2) is 15.0 Å². The first-order chi connectivity index (χ1) is 14.7. The van der Waals surface area contributed by atoms with Crippen molar-refractivity contribution in [2.45, 2.75) is 32.2 Å². The molecule has 0 radical (unpaired) electrons. The highest BCUT2D eigenvalue weighted by Crippen LogP contribution is 2.30. The molecule has 1 amide bonds. The normalized spacial score (nSPS) is 16.6. The van der Waals surface area contributed by atoms with E-state index in [9.17, 15) is 4.79 Å². The van der Waals surface area contributed by atoms with Crippen molar-refractivity contribution in [2.24, 2.45) is 0 Å². The van der Waals surface area contributed by atoms with Gasteiger partial charge < -0.3 is 10.2 Å². The molecule has 1 atom stereocenters. The van der Waals surface area contributed by atoms with Crippen LogP contribution in [0.1, 0.15) is 42.4 Å². The highest BCUT2D eigenvalue weighted by molar-refractivity contribution is 5.92. The molecule has 8 nitrogen and oxygen atoms in total. The summed E-state index contributed by atoms with van der Waals surface area (Å²) in [5, 5.41) is 3.17. The molecule has 0 bridgehead atoms. The van der Waals surface area contributed by atoms with E-state index < -0.39 is 0 Å². The van der Waals surface area contributed by atoms with Crippen LogP contribution in [0, 0.1) is 6.92 Å². The minimum Gasteiger partial charge on any atom is -0.329 e. The molecule has 0 unspecified atom stereocenters. The quantitative estimate of drug-likeness (QED) is 0.654. The summed E-state index contributed by atoms with van der Waals surface area (Å²) in [6, 6.07) is 5.46. The topological polar surface area (TPSA) is 96.8 Å². The van der Waals surface area contributed by atoms with Gasteiger partial charge in [0.2, 0.25) is 5.91 Å². The van der Waals surface area contributed by atoms with Crippen LogP contribution in [0.2, 0.25) is 0 Å². The average Bonchev–Trinajstić information content (AvgIpc) is 2.78. The number of amides is 1. The van der Waals surface area contributed by atoms with Gasteiger partial charge in [0.15, 0.2) is 5.82 Å². The van der Waals surface area contributed by atoms with Gasteiger partial charge in [-0.15, -0.1) is 0 Å². The summed E-state index contributed by atoms with van der Waals surface area (Å²) < 4.78 is 0. The maximum absolute atomic E-state index is 12.9. The second-order valence-electron chi connectivity index (χ2n) is 7.13. The van der Waals surface area contributed by atoms with Crippen LogP contribution in [0.5, 0.6) is 0 Å².